The Hall–Kier alpha value is -4.45. The summed E-state index contributed by atoms with van der Waals surface area (Å²) in [6.45, 7) is 6.37. The summed E-state index contributed by atoms with van der Waals surface area (Å²) >= 11 is 0. The molecular formula is C73H120O6. The summed E-state index contributed by atoms with van der Waals surface area (Å²) in [5.74, 6) is -0.941. The molecule has 0 aromatic rings. The molecule has 0 saturated carbocycles. The summed E-state index contributed by atoms with van der Waals surface area (Å²) in [5.41, 5.74) is 0. The van der Waals surface area contributed by atoms with E-state index in [9.17, 15) is 14.4 Å². The molecule has 0 aliphatic rings. The Bertz CT molecular complexity index is 1680. The van der Waals surface area contributed by atoms with Gasteiger partial charge in [0.15, 0.2) is 6.10 Å². The number of rotatable bonds is 58. The summed E-state index contributed by atoms with van der Waals surface area (Å²) < 4.78 is 16.9. The van der Waals surface area contributed by atoms with Crippen LogP contribution in [0, 0.1) is 0 Å². The smallest absolute Gasteiger partial charge is 0.306 e. The predicted octanol–water partition coefficient (Wildman–Crippen LogP) is 22.5. The Morgan fingerprint density at radius 3 is 0.785 bits per heavy atom. The molecule has 0 radical (unpaired) electrons. The maximum atomic E-state index is 12.9. The van der Waals surface area contributed by atoms with Crippen LogP contribution in [0.4, 0.5) is 0 Å². The van der Waals surface area contributed by atoms with Crippen molar-refractivity contribution >= 4 is 17.9 Å². The predicted molar refractivity (Wildman–Crippen MR) is 343 cm³/mol. The minimum atomic E-state index is -0.804. The van der Waals surface area contributed by atoms with Crippen LogP contribution < -0.4 is 0 Å². The quantitative estimate of drug-likeness (QED) is 0.0261. The van der Waals surface area contributed by atoms with Gasteiger partial charge in [0.05, 0.1) is 0 Å². The van der Waals surface area contributed by atoms with E-state index >= 15 is 0 Å². The van der Waals surface area contributed by atoms with Crippen LogP contribution >= 0.6 is 0 Å². The largest absolute Gasteiger partial charge is 0.462 e. The van der Waals surface area contributed by atoms with Crippen LogP contribution in [-0.2, 0) is 28.6 Å². The van der Waals surface area contributed by atoms with Gasteiger partial charge >= 0.3 is 17.9 Å². The SMILES string of the molecule is CC/C=C\C/C=C\C/C=C\C/C=C\C/C=C\CCCCCCCCCC(=O)OC(COC(=O)CCCCC/C=C\C/C=C\C/C=C\CC)COC(=O)CCCCCCCCCCCC/C=C\C/C=C\C/C=C\CCCCCCC. The van der Waals surface area contributed by atoms with E-state index in [2.05, 4.69) is 154 Å². The molecule has 1 unspecified atom stereocenters. The average molecular weight is 1090 g/mol. The second-order valence-corrected chi connectivity index (χ2v) is 21.3. The highest BCUT2D eigenvalue weighted by Crippen LogP contribution is 2.15. The lowest BCUT2D eigenvalue weighted by atomic mass is 10.1. The van der Waals surface area contributed by atoms with Gasteiger partial charge in [0, 0.05) is 19.3 Å². The fraction of sp³-hybridized carbons (Fsp3) is 0.658. The molecule has 0 amide bonds. The molecule has 0 aromatic carbocycles. The van der Waals surface area contributed by atoms with Crippen molar-refractivity contribution in [2.24, 2.45) is 0 Å². The molecule has 0 aliphatic carbocycles. The Kier molecular flexibility index (Phi) is 62.3. The normalized spacial score (nSPS) is 13.0. The molecule has 448 valence electrons. The highest BCUT2D eigenvalue weighted by molar-refractivity contribution is 5.71. The molecule has 0 N–H and O–H groups in total. The van der Waals surface area contributed by atoms with E-state index in [1.54, 1.807) is 0 Å². The molecule has 0 saturated heterocycles. The van der Waals surface area contributed by atoms with E-state index in [-0.39, 0.29) is 31.1 Å². The Morgan fingerprint density at radius 1 is 0.266 bits per heavy atom. The summed E-state index contributed by atoms with van der Waals surface area (Å²) in [4.78, 5) is 38.3. The first-order chi connectivity index (χ1) is 39.0. The molecular weight excluding hydrogens is 973 g/mol. The summed E-state index contributed by atoms with van der Waals surface area (Å²) in [5, 5.41) is 0. The van der Waals surface area contributed by atoms with Gasteiger partial charge in [0.2, 0.25) is 0 Å². The van der Waals surface area contributed by atoms with Gasteiger partial charge in [-0.3, -0.25) is 14.4 Å². The number of hydrogen-bond donors (Lipinski definition) is 0. The number of carbonyl (C=O) groups is 3. The van der Waals surface area contributed by atoms with Crippen LogP contribution in [0.1, 0.15) is 290 Å². The lowest BCUT2D eigenvalue weighted by molar-refractivity contribution is -0.167. The van der Waals surface area contributed by atoms with Gasteiger partial charge in [-0.25, -0.2) is 0 Å². The highest BCUT2D eigenvalue weighted by atomic mass is 16.6. The van der Waals surface area contributed by atoms with Crippen LogP contribution in [0.3, 0.4) is 0 Å². The molecule has 0 spiro atoms. The van der Waals surface area contributed by atoms with Crippen LogP contribution in [0.5, 0.6) is 0 Å². The Morgan fingerprint density at radius 2 is 0.494 bits per heavy atom. The van der Waals surface area contributed by atoms with E-state index in [1.807, 2.05) is 0 Å². The first-order valence-corrected chi connectivity index (χ1v) is 32.7. The zero-order valence-corrected chi connectivity index (χ0v) is 51.3. The third-order valence-corrected chi connectivity index (χ3v) is 13.6. The van der Waals surface area contributed by atoms with Crippen molar-refractivity contribution in [2.45, 2.75) is 297 Å². The van der Waals surface area contributed by atoms with Crippen molar-refractivity contribution in [3.05, 3.63) is 134 Å². The standard InChI is InChI=1S/C73H120O6/c1-4-7-10-13-16-19-22-25-27-29-31-33-35-36-38-39-41-43-45-48-51-54-57-60-63-66-72(75)78-69-70(68-77-71(74)65-62-59-56-53-50-47-24-21-18-15-12-9-6-3)79-73(76)67-64-61-58-55-52-49-46-44-42-40-37-34-32-30-28-26-23-20-17-14-11-8-5-2/h8-9,11-12,17-18,20-22,25-26,28-29,31-32,34-36,40,42,47,50,70H,4-7,10,13-16,19,23-24,27,30,33,37-39,41,43-46,48-49,51-69H2,1-3H3/b11-8-,12-9-,20-17-,21-18-,25-22-,28-26-,31-29-,34-32-,36-35-,42-40-,50-47-. The summed E-state index contributed by atoms with van der Waals surface area (Å²) in [7, 11) is 0. The van der Waals surface area contributed by atoms with Crippen LogP contribution in [0.25, 0.3) is 0 Å². The molecule has 6 nitrogen and oxygen atoms in total. The van der Waals surface area contributed by atoms with Crippen molar-refractivity contribution in [3.63, 3.8) is 0 Å². The van der Waals surface area contributed by atoms with E-state index in [0.717, 1.165) is 141 Å². The van der Waals surface area contributed by atoms with E-state index in [1.165, 1.54) is 109 Å². The second kappa shape index (κ2) is 66.1. The molecule has 79 heavy (non-hydrogen) atoms. The number of allylic oxidation sites excluding steroid dienone is 22. The molecule has 0 fully saturated rings. The van der Waals surface area contributed by atoms with E-state index in [0.29, 0.717) is 19.3 Å². The third-order valence-electron chi connectivity index (χ3n) is 13.6. The fourth-order valence-electron chi connectivity index (χ4n) is 8.79. The van der Waals surface area contributed by atoms with Crippen molar-refractivity contribution in [1.82, 2.24) is 0 Å². The molecule has 0 aliphatic heterocycles. The highest BCUT2D eigenvalue weighted by Gasteiger charge is 2.19. The third kappa shape index (κ3) is 64.3. The van der Waals surface area contributed by atoms with Crippen molar-refractivity contribution in [3.8, 4) is 0 Å². The molecule has 6 heteroatoms. The Labute approximate surface area is 487 Å². The van der Waals surface area contributed by atoms with Crippen molar-refractivity contribution < 1.29 is 28.6 Å². The van der Waals surface area contributed by atoms with Gasteiger partial charge in [-0.05, 0) is 135 Å². The molecule has 0 heterocycles. The lowest BCUT2D eigenvalue weighted by Gasteiger charge is -2.18. The van der Waals surface area contributed by atoms with Gasteiger partial charge < -0.3 is 14.2 Å². The number of esters is 3. The van der Waals surface area contributed by atoms with Crippen molar-refractivity contribution in [2.75, 3.05) is 13.2 Å². The lowest BCUT2D eigenvalue weighted by Crippen LogP contribution is -2.30. The summed E-state index contributed by atoms with van der Waals surface area (Å²) in [6, 6.07) is 0. The minimum absolute atomic E-state index is 0.0977. The van der Waals surface area contributed by atoms with Crippen LogP contribution in [0.2, 0.25) is 0 Å². The number of hydrogen-bond acceptors (Lipinski definition) is 6. The minimum Gasteiger partial charge on any atom is -0.462 e. The second-order valence-electron chi connectivity index (χ2n) is 21.3. The maximum Gasteiger partial charge on any atom is 0.306 e. The molecule has 1 atom stereocenters. The number of ether oxygens (including phenoxy) is 3. The zero-order chi connectivity index (χ0) is 57.1. The fourth-order valence-corrected chi connectivity index (χ4v) is 8.79. The molecule has 0 rings (SSSR count). The van der Waals surface area contributed by atoms with Gasteiger partial charge in [-0.1, -0.05) is 270 Å². The summed E-state index contributed by atoms with van der Waals surface area (Å²) in [6.07, 6.45) is 93.2. The molecule has 0 bridgehead atoms. The topological polar surface area (TPSA) is 78.9 Å². The molecule has 0 aromatic heterocycles. The first kappa shape index (κ1) is 74.5. The van der Waals surface area contributed by atoms with Gasteiger partial charge in [-0.15, -0.1) is 0 Å². The monoisotopic (exact) mass is 1090 g/mol. The Balaban J connectivity index is 4.38. The zero-order valence-electron chi connectivity index (χ0n) is 51.3. The van der Waals surface area contributed by atoms with Crippen LogP contribution in [0.15, 0.2) is 134 Å². The van der Waals surface area contributed by atoms with E-state index < -0.39 is 6.10 Å². The van der Waals surface area contributed by atoms with Crippen molar-refractivity contribution in [1.29, 1.82) is 0 Å². The van der Waals surface area contributed by atoms with Gasteiger partial charge in [0.1, 0.15) is 13.2 Å². The van der Waals surface area contributed by atoms with Gasteiger partial charge in [0.25, 0.3) is 0 Å². The van der Waals surface area contributed by atoms with Crippen LogP contribution in [-0.4, -0.2) is 37.2 Å². The average Bonchev–Trinajstić information content (AvgIpc) is 3.45. The maximum absolute atomic E-state index is 12.9. The van der Waals surface area contributed by atoms with Gasteiger partial charge in [-0.2, -0.15) is 0 Å². The first-order valence-electron chi connectivity index (χ1n) is 32.7. The van der Waals surface area contributed by atoms with E-state index in [4.69, 9.17) is 14.2 Å². The number of unbranched alkanes of at least 4 members (excludes halogenated alkanes) is 25. The number of carbonyl (C=O) groups excluding carboxylic acids is 3.